The van der Waals surface area contributed by atoms with Crippen LogP contribution in [0.5, 0.6) is 0 Å². The van der Waals surface area contributed by atoms with Gasteiger partial charge in [0, 0.05) is 52.7 Å². The second-order valence-corrected chi connectivity index (χ2v) is 21.6. The lowest BCUT2D eigenvalue weighted by atomic mass is 9.82. The van der Waals surface area contributed by atoms with Crippen molar-refractivity contribution < 1.29 is 76.8 Å². The van der Waals surface area contributed by atoms with E-state index in [-0.39, 0.29) is 32.1 Å². The molecule has 0 spiro atoms. The molecule has 0 saturated carbocycles. The number of esters is 4. The number of fused-ring (bicyclic) bond motifs is 3. The molecule has 3 aliphatic heterocycles. The van der Waals surface area contributed by atoms with Gasteiger partial charge in [0.1, 0.15) is 36.8 Å². The highest BCUT2D eigenvalue weighted by molar-refractivity contribution is 6.10. The first-order valence-electron chi connectivity index (χ1n) is 27.3. The van der Waals surface area contributed by atoms with Gasteiger partial charge in [-0.15, -0.1) is 0 Å². The van der Waals surface area contributed by atoms with E-state index in [4.69, 9.17) is 42.6 Å². The van der Waals surface area contributed by atoms with Gasteiger partial charge in [-0.25, -0.2) is 0 Å². The number of aliphatic hydroxyl groups is 2. The van der Waals surface area contributed by atoms with Crippen LogP contribution in [0.4, 0.5) is 0 Å². The van der Waals surface area contributed by atoms with Crippen LogP contribution in [0, 0.1) is 11.8 Å². The molecule has 0 radical (unpaired) electrons. The summed E-state index contributed by atoms with van der Waals surface area (Å²) < 4.78 is 56.4. The molecule has 18 heteroatoms. The number of rotatable bonds is 16. The summed E-state index contributed by atoms with van der Waals surface area (Å²) in [6, 6.07) is 17.8. The third kappa shape index (κ3) is 15.9. The molecular formula is C59H84N2O16. The zero-order valence-corrected chi connectivity index (χ0v) is 46.9. The Balaban J connectivity index is 1.30. The lowest BCUT2D eigenvalue weighted by Crippen LogP contribution is -2.66. The Morgan fingerprint density at radius 3 is 2.22 bits per heavy atom. The first-order valence-corrected chi connectivity index (χ1v) is 27.3. The number of aldehydes is 1. The standard InChI is InChI=1S/C59H84N2O16/c1-12-48(65)73-47-32-50(67)72-42(22-18-21-40-31-39-20-14-15-24-43(39)45-26-17-16-25-44(40)45)23-19-28-61(10)34-46(64)35(3)30-41(27-29-62)55(56(47)69-11)76-58-53(68)52(60(8)9)54(36(4)71-58)75-51-33-59(7,77-38(6)63)57(37(5)70-51)74-49(66)13-2/h14-18,20-21,24-26,29,31,35-37,41-42,46-47,51-58,64,68H,12-13,19,22-23,27-28,30,32-34H2,1-11H3/b21-18+/t35-,36?,37?,41+,42+,46+,47-,51+,52?,53?,54+,55+,56+,57+,58+,59?/m1/s1. The molecule has 3 saturated heterocycles. The number of β-amino-alcohol motifs (C(OH)–C–C–N with tert-alkyl or cyclic N) is 1. The SMILES string of the molecule is CCC(=O)O[C@@H]1CC(=O)O[C@@H](C/C=C/c2cc3ccccc3c3ccccc23)CCCN(C)C[C@H](O)[C@H](C)C[C@H](CC=O)[C@H](O[C@@H]2OC(C)[C@H](O[C@H]3CC(C)(OC(C)=O)[C@@H](OC(=O)CC)C(C)O3)C(N(C)C)C2O)[C@H]1OC. The van der Waals surface area contributed by atoms with Gasteiger partial charge < -0.3 is 67.4 Å². The molecule has 3 aliphatic rings. The Morgan fingerprint density at radius 1 is 0.883 bits per heavy atom. The van der Waals surface area contributed by atoms with Crippen LogP contribution in [-0.2, 0) is 66.6 Å². The molecule has 5 unspecified atom stereocenters. The number of hydrogen-bond donors (Lipinski definition) is 2. The zero-order chi connectivity index (χ0) is 56.1. The van der Waals surface area contributed by atoms with Crippen LogP contribution in [0.25, 0.3) is 27.6 Å². The number of carbonyl (C=O) groups is 5. The second-order valence-electron chi connectivity index (χ2n) is 21.6. The van der Waals surface area contributed by atoms with Crippen molar-refractivity contribution in [2.45, 2.75) is 192 Å². The van der Waals surface area contributed by atoms with E-state index in [1.54, 1.807) is 53.6 Å². The molecule has 426 valence electrons. The van der Waals surface area contributed by atoms with Gasteiger partial charge in [-0.1, -0.05) is 81.5 Å². The highest BCUT2D eigenvalue weighted by atomic mass is 16.7. The minimum absolute atomic E-state index is 0.0245. The average Bonchev–Trinajstić information content (AvgIpc) is 3.39. The maximum Gasteiger partial charge on any atom is 0.309 e. The van der Waals surface area contributed by atoms with Crippen LogP contribution in [0.1, 0.15) is 112 Å². The van der Waals surface area contributed by atoms with Crippen LogP contribution in [0.2, 0.25) is 0 Å². The Kier molecular flexibility index (Phi) is 22.5. The monoisotopic (exact) mass is 1080 g/mol. The van der Waals surface area contributed by atoms with Crippen LogP contribution >= 0.6 is 0 Å². The topological polar surface area (TPSA) is 215 Å². The van der Waals surface area contributed by atoms with Crippen molar-refractivity contribution >= 4 is 57.8 Å². The minimum Gasteiger partial charge on any atom is -0.462 e. The van der Waals surface area contributed by atoms with Crippen LogP contribution < -0.4 is 0 Å². The van der Waals surface area contributed by atoms with E-state index in [1.165, 1.54) is 14.0 Å². The lowest BCUT2D eigenvalue weighted by molar-refractivity contribution is -0.344. The van der Waals surface area contributed by atoms with Crippen molar-refractivity contribution in [2.24, 2.45) is 11.8 Å². The molecule has 16 atom stereocenters. The van der Waals surface area contributed by atoms with Crippen molar-refractivity contribution in [1.29, 1.82) is 0 Å². The number of aliphatic hydroxyl groups excluding tert-OH is 2. The molecule has 77 heavy (non-hydrogen) atoms. The van der Waals surface area contributed by atoms with Crippen molar-refractivity contribution in [3.8, 4) is 0 Å². The Bertz CT molecular complexity index is 2470. The predicted octanol–water partition coefficient (Wildman–Crippen LogP) is 6.94. The summed E-state index contributed by atoms with van der Waals surface area (Å²) >= 11 is 0. The first-order chi connectivity index (χ1) is 36.7. The summed E-state index contributed by atoms with van der Waals surface area (Å²) in [7, 11) is 6.83. The Morgan fingerprint density at radius 2 is 1.56 bits per heavy atom. The van der Waals surface area contributed by atoms with Crippen molar-refractivity contribution in [3.63, 3.8) is 0 Å². The largest absolute Gasteiger partial charge is 0.462 e. The third-order valence-electron chi connectivity index (χ3n) is 15.3. The van der Waals surface area contributed by atoms with Gasteiger partial charge in [-0.05, 0) is 113 Å². The molecule has 3 aromatic carbocycles. The maximum atomic E-state index is 14.4. The van der Waals surface area contributed by atoms with Gasteiger partial charge in [0.05, 0.1) is 36.9 Å². The van der Waals surface area contributed by atoms with Crippen molar-refractivity contribution in [1.82, 2.24) is 9.80 Å². The number of cyclic esters (lactones) is 1. The lowest BCUT2D eigenvalue weighted by Gasteiger charge is -2.50. The summed E-state index contributed by atoms with van der Waals surface area (Å²) in [5, 5.41) is 28.6. The van der Waals surface area contributed by atoms with Crippen LogP contribution in [-0.4, -0.2) is 177 Å². The molecule has 3 aromatic rings. The molecule has 0 amide bonds. The predicted molar refractivity (Wildman–Crippen MR) is 288 cm³/mol. The minimum atomic E-state index is -1.44. The molecule has 0 aliphatic carbocycles. The van der Waals surface area contributed by atoms with E-state index in [0.29, 0.717) is 32.4 Å². The first kappa shape index (κ1) is 61.3. The highest BCUT2D eigenvalue weighted by Crippen LogP contribution is 2.40. The fourth-order valence-corrected chi connectivity index (χ4v) is 11.4. The summed E-state index contributed by atoms with van der Waals surface area (Å²) in [4.78, 5) is 69.1. The molecule has 6 rings (SSSR count). The molecule has 3 heterocycles. The van der Waals surface area contributed by atoms with Gasteiger partial charge in [0.2, 0.25) is 0 Å². The van der Waals surface area contributed by atoms with E-state index < -0.39 is 127 Å². The summed E-state index contributed by atoms with van der Waals surface area (Å²) in [6.45, 7) is 12.5. The van der Waals surface area contributed by atoms with Gasteiger partial charge in [-0.3, -0.25) is 19.2 Å². The van der Waals surface area contributed by atoms with Gasteiger partial charge in [0.25, 0.3) is 0 Å². The number of methoxy groups -OCH3 is 1. The quantitative estimate of drug-likeness (QED) is 0.0643. The molecular weight excluding hydrogens is 993 g/mol. The third-order valence-corrected chi connectivity index (χ3v) is 15.3. The summed E-state index contributed by atoms with van der Waals surface area (Å²) in [5.74, 6) is -3.46. The number of hydrogen-bond acceptors (Lipinski definition) is 18. The fourth-order valence-electron chi connectivity index (χ4n) is 11.4. The Hall–Kier alpha value is -4.89. The fraction of sp³-hybridized carbons (Fsp3) is 0.644. The molecule has 0 aromatic heterocycles. The zero-order valence-electron chi connectivity index (χ0n) is 46.9. The number of ether oxygens (including phenoxy) is 9. The van der Waals surface area contributed by atoms with E-state index in [0.717, 1.165) is 33.4 Å². The molecule has 2 N–H and O–H groups in total. The number of benzene rings is 3. The van der Waals surface area contributed by atoms with Crippen molar-refractivity contribution in [3.05, 3.63) is 66.2 Å². The molecule has 3 fully saturated rings. The highest BCUT2D eigenvalue weighted by Gasteiger charge is 2.54. The average molecular weight is 1080 g/mol. The Labute approximate surface area is 453 Å². The smallest absolute Gasteiger partial charge is 0.309 e. The maximum absolute atomic E-state index is 14.4. The number of likely N-dealkylation sites (N-methyl/N-ethyl adjacent to an activating group) is 2. The van der Waals surface area contributed by atoms with Crippen LogP contribution in [0.3, 0.4) is 0 Å². The van der Waals surface area contributed by atoms with Gasteiger partial charge in [0.15, 0.2) is 24.3 Å². The second kappa shape index (κ2) is 28.3. The number of nitrogens with zero attached hydrogens (tertiary/aromatic N) is 2. The molecule has 18 nitrogen and oxygen atoms in total. The van der Waals surface area contributed by atoms with E-state index in [9.17, 15) is 34.2 Å². The van der Waals surface area contributed by atoms with Gasteiger partial charge >= 0.3 is 23.9 Å². The van der Waals surface area contributed by atoms with Crippen LogP contribution in [0.15, 0.2) is 60.7 Å². The van der Waals surface area contributed by atoms with E-state index in [1.807, 2.05) is 49.2 Å². The summed E-state index contributed by atoms with van der Waals surface area (Å²) in [6.07, 6.45) is -6.29. The normalized spacial score (nSPS) is 33.4. The van der Waals surface area contributed by atoms with E-state index in [2.05, 4.69) is 36.4 Å². The summed E-state index contributed by atoms with van der Waals surface area (Å²) in [5.41, 5.74) is -0.310. The van der Waals surface area contributed by atoms with E-state index >= 15 is 0 Å². The van der Waals surface area contributed by atoms with Crippen molar-refractivity contribution in [2.75, 3.05) is 41.3 Å². The van der Waals surface area contributed by atoms with Gasteiger partial charge in [-0.2, -0.15) is 0 Å². The molecule has 0 bridgehead atoms. The number of carbonyl (C=O) groups excluding carboxylic acids is 5.